The zero-order chi connectivity index (χ0) is 35.9. The summed E-state index contributed by atoms with van der Waals surface area (Å²) in [6.07, 6.45) is 5.65. The fourth-order valence-corrected chi connectivity index (χ4v) is 7.87. The van der Waals surface area contributed by atoms with Crippen LogP contribution >= 0.6 is 0 Å². The molecule has 0 radical (unpaired) electrons. The first-order valence-corrected chi connectivity index (χ1v) is 18.1. The lowest BCUT2D eigenvalue weighted by Gasteiger charge is -2.34. The number of amides is 1. The van der Waals surface area contributed by atoms with Crippen molar-refractivity contribution < 1.29 is 23.7 Å². The van der Waals surface area contributed by atoms with E-state index in [0.29, 0.717) is 54.0 Å². The van der Waals surface area contributed by atoms with Gasteiger partial charge in [0.2, 0.25) is 0 Å². The summed E-state index contributed by atoms with van der Waals surface area (Å²) in [5.74, 6) is 2.29. The fourth-order valence-electron chi connectivity index (χ4n) is 7.87. The van der Waals surface area contributed by atoms with E-state index in [-0.39, 0.29) is 18.0 Å². The standard InChI is InChI=1S/C44H40N4O5/c1-50-40-17-34-24-47-23-32-12-5-3-10-30(32)15-35(47)21-45-38(34)19-42(40)52-26-28-8-7-9-29(14-28)27-53-43-20-39-37(18-41(43)51-2)44(49)48-25-33-13-6-4-11-31(33)16-36(48)22-46-39/h3-14,17-22,35-36H,15-16,23-27H2,1-2H3/t35-,36-/m0/s1. The highest BCUT2D eigenvalue weighted by Gasteiger charge is 2.33. The number of ether oxygens (including phenoxy) is 4. The van der Waals surface area contributed by atoms with Gasteiger partial charge in [-0.25, -0.2) is 0 Å². The van der Waals surface area contributed by atoms with Gasteiger partial charge in [-0.15, -0.1) is 0 Å². The molecule has 4 aliphatic heterocycles. The first-order chi connectivity index (χ1) is 26.0. The molecule has 53 heavy (non-hydrogen) atoms. The number of hydrogen-bond acceptors (Lipinski definition) is 8. The van der Waals surface area contributed by atoms with Gasteiger partial charge in [-0.3, -0.25) is 19.7 Å². The van der Waals surface area contributed by atoms with Crippen molar-refractivity contribution >= 4 is 29.7 Å². The van der Waals surface area contributed by atoms with Crippen LogP contribution in [0.5, 0.6) is 23.0 Å². The van der Waals surface area contributed by atoms with Crippen LogP contribution in [0.3, 0.4) is 0 Å². The second kappa shape index (κ2) is 13.9. The molecule has 2 atom stereocenters. The van der Waals surface area contributed by atoms with Gasteiger partial charge in [-0.1, -0.05) is 66.7 Å². The number of carbonyl (C=O) groups excluding carboxylic acids is 1. The number of rotatable bonds is 8. The normalized spacial score (nSPS) is 18.3. The molecule has 9 rings (SSSR count). The van der Waals surface area contributed by atoms with Crippen molar-refractivity contribution in [1.82, 2.24) is 9.80 Å². The average Bonchev–Trinajstić information content (AvgIpc) is 3.45. The molecule has 0 N–H and O–H groups in total. The highest BCUT2D eigenvalue weighted by atomic mass is 16.5. The van der Waals surface area contributed by atoms with Gasteiger partial charge in [-0.05, 0) is 70.0 Å². The molecule has 0 aliphatic carbocycles. The lowest BCUT2D eigenvalue weighted by atomic mass is 9.94. The quantitative estimate of drug-likeness (QED) is 0.164. The van der Waals surface area contributed by atoms with Crippen LogP contribution in [0.1, 0.15) is 49.3 Å². The number of carbonyl (C=O) groups is 1. The lowest BCUT2D eigenvalue weighted by Crippen LogP contribution is -2.44. The van der Waals surface area contributed by atoms with Gasteiger partial charge in [0.25, 0.3) is 5.91 Å². The predicted octanol–water partition coefficient (Wildman–Crippen LogP) is 7.79. The molecular formula is C44H40N4O5. The van der Waals surface area contributed by atoms with Gasteiger partial charge in [0.05, 0.1) is 37.2 Å². The third kappa shape index (κ3) is 6.42. The molecule has 5 aromatic carbocycles. The Labute approximate surface area is 309 Å². The second-order valence-corrected chi connectivity index (χ2v) is 14.0. The van der Waals surface area contributed by atoms with Crippen LogP contribution in [0.25, 0.3) is 0 Å². The minimum Gasteiger partial charge on any atom is -0.493 e. The molecule has 9 heteroatoms. The molecule has 0 saturated carbocycles. The molecule has 0 spiro atoms. The van der Waals surface area contributed by atoms with E-state index in [1.165, 1.54) is 22.3 Å². The lowest BCUT2D eigenvalue weighted by molar-refractivity contribution is 0.0703. The van der Waals surface area contributed by atoms with Gasteiger partial charge in [0.1, 0.15) is 13.2 Å². The molecule has 4 heterocycles. The zero-order valence-electron chi connectivity index (χ0n) is 29.8. The summed E-state index contributed by atoms with van der Waals surface area (Å²) < 4.78 is 24.2. The number of aliphatic imine (C=N–C) groups is 2. The van der Waals surface area contributed by atoms with Crippen molar-refractivity contribution in [2.24, 2.45) is 9.98 Å². The van der Waals surface area contributed by atoms with Gasteiger partial charge < -0.3 is 23.8 Å². The molecule has 9 nitrogen and oxygen atoms in total. The maximum absolute atomic E-state index is 13.8. The summed E-state index contributed by atoms with van der Waals surface area (Å²) in [5.41, 5.74) is 10.3. The van der Waals surface area contributed by atoms with E-state index < -0.39 is 0 Å². The molecule has 1 amide bonds. The molecule has 0 fully saturated rings. The minimum absolute atomic E-state index is 0.0609. The summed E-state index contributed by atoms with van der Waals surface area (Å²) in [7, 11) is 3.26. The Balaban J connectivity index is 0.886. The Morgan fingerprint density at radius 2 is 1.15 bits per heavy atom. The summed E-state index contributed by atoms with van der Waals surface area (Å²) in [6, 6.07) is 32.8. The number of hydrogen-bond donors (Lipinski definition) is 0. The van der Waals surface area contributed by atoms with E-state index in [1.807, 2.05) is 47.5 Å². The molecule has 4 aliphatic rings. The Morgan fingerprint density at radius 3 is 1.85 bits per heavy atom. The highest BCUT2D eigenvalue weighted by molar-refractivity contribution is 6.03. The van der Waals surface area contributed by atoms with Crippen molar-refractivity contribution in [2.45, 2.75) is 57.8 Å². The van der Waals surface area contributed by atoms with E-state index in [2.05, 4.69) is 59.6 Å². The van der Waals surface area contributed by atoms with Crippen molar-refractivity contribution in [2.75, 3.05) is 14.2 Å². The SMILES string of the molecule is COc1cc2c(cc1OCc1cccc(COc3cc4c(cc3OC)C(=O)N3Cc5ccccc5C[C@H]3C=N4)c1)N=C[C@@H]1Cc3ccccc3CN1C2. The number of nitrogens with zero attached hydrogens (tertiary/aromatic N) is 4. The first-order valence-electron chi connectivity index (χ1n) is 18.1. The maximum atomic E-state index is 13.8. The largest absolute Gasteiger partial charge is 0.493 e. The third-order valence-corrected chi connectivity index (χ3v) is 10.7. The van der Waals surface area contributed by atoms with Gasteiger partial charge in [0, 0.05) is 50.2 Å². The van der Waals surface area contributed by atoms with Crippen LogP contribution in [0.2, 0.25) is 0 Å². The van der Waals surface area contributed by atoms with Crippen LogP contribution in [0.4, 0.5) is 11.4 Å². The smallest absolute Gasteiger partial charge is 0.257 e. The molecule has 5 aromatic rings. The molecule has 0 aromatic heterocycles. The number of methoxy groups -OCH3 is 2. The van der Waals surface area contributed by atoms with Crippen LogP contribution in [-0.4, -0.2) is 54.4 Å². The predicted molar refractivity (Wildman–Crippen MR) is 204 cm³/mol. The maximum Gasteiger partial charge on any atom is 0.257 e. The van der Waals surface area contributed by atoms with E-state index in [9.17, 15) is 4.79 Å². The van der Waals surface area contributed by atoms with Crippen LogP contribution in [-0.2, 0) is 45.7 Å². The average molecular weight is 705 g/mol. The molecule has 0 unspecified atom stereocenters. The Morgan fingerprint density at radius 1 is 0.585 bits per heavy atom. The van der Waals surface area contributed by atoms with E-state index in [1.54, 1.807) is 26.4 Å². The Hall–Kier alpha value is -5.93. The van der Waals surface area contributed by atoms with Crippen molar-refractivity contribution in [3.63, 3.8) is 0 Å². The topological polar surface area (TPSA) is 85.2 Å². The van der Waals surface area contributed by atoms with E-state index in [4.69, 9.17) is 28.9 Å². The Kier molecular flexibility index (Phi) is 8.64. The monoisotopic (exact) mass is 704 g/mol. The molecular weight excluding hydrogens is 665 g/mol. The molecule has 0 saturated heterocycles. The van der Waals surface area contributed by atoms with E-state index >= 15 is 0 Å². The highest BCUT2D eigenvalue weighted by Crippen LogP contribution is 2.40. The van der Waals surface area contributed by atoms with Crippen LogP contribution < -0.4 is 18.9 Å². The van der Waals surface area contributed by atoms with Crippen molar-refractivity contribution in [3.05, 3.63) is 142 Å². The van der Waals surface area contributed by atoms with Gasteiger partial charge in [0.15, 0.2) is 23.0 Å². The zero-order valence-corrected chi connectivity index (χ0v) is 29.8. The Bertz CT molecular complexity index is 2280. The van der Waals surface area contributed by atoms with Crippen molar-refractivity contribution in [1.29, 1.82) is 0 Å². The summed E-state index contributed by atoms with van der Waals surface area (Å²) >= 11 is 0. The van der Waals surface area contributed by atoms with E-state index in [0.717, 1.165) is 48.3 Å². The third-order valence-electron chi connectivity index (χ3n) is 10.7. The second-order valence-electron chi connectivity index (χ2n) is 14.0. The van der Waals surface area contributed by atoms with Gasteiger partial charge in [-0.2, -0.15) is 0 Å². The molecule has 0 bridgehead atoms. The number of benzene rings is 5. The first kappa shape index (κ1) is 32.9. The van der Waals surface area contributed by atoms with Crippen molar-refractivity contribution in [3.8, 4) is 23.0 Å². The minimum atomic E-state index is -0.107. The summed E-state index contributed by atoms with van der Waals surface area (Å²) in [6.45, 7) is 2.88. The van der Waals surface area contributed by atoms with Crippen LogP contribution in [0, 0.1) is 0 Å². The van der Waals surface area contributed by atoms with Crippen LogP contribution in [0.15, 0.2) is 107 Å². The fraction of sp³-hybridized carbons (Fsp3) is 0.250. The molecule has 266 valence electrons. The summed E-state index contributed by atoms with van der Waals surface area (Å²) in [4.78, 5) is 27.8. The summed E-state index contributed by atoms with van der Waals surface area (Å²) in [5, 5.41) is 0. The van der Waals surface area contributed by atoms with Gasteiger partial charge >= 0.3 is 0 Å². The number of fused-ring (bicyclic) bond motifs is 6.